The Hall–Kier alpha value is -2.13. The first kappa shape index (κ1) is 15.8. The Labute approximate surface area is 132 Å². The fourth-order valence-electron chi connectivity index (χ4n) is 2.91. The van der Waals surface area contributed by atoms with Gasteiger partial charge in [0.05, 0.1) is 12.6 Å². The zero-order valence-electron chi connectivity index (χ0n) is 13.6. The summed E-state index contributed by atoms with van der Waals surface area (Å²) in [6, 6.07) is 0. The van der Waals surface area contributed by atoms with Gasteiger partial charge in [0, 0.05) is 33.2 Å². The number of aryl methyl sites for hydroxylation is 1. The van der Waals surface area contributed by atoms with Gasteiger partial charge in [0.15, 0.2) is 11.2 Å². The number of aliphatic hydroxyl groups excluding tert-OH is 1. The number of fused-ring (bicyclic) bond motifs is 1. The van der Waals surface area contributed by atoms with Gasteiger partial charge in [-0.1, -0.05) is 0 Å². The van der Waals surface area contributed by atoms with Crippen LogP contribution in [0.5, 0.6) is 0 Å². The van der Waals surface area contributed by atoms with Crippen molar-refractivity contribution in [2.75, 3.05) is 38.1 Å². The average Bonchev–Trinajstić information content (AvgIpc) is 2.85. The van der Waals surface area contributed by atoms with E-state index in [-0.39, 0.29) is 6.54 Å². The van der Waals surface area contributed by atoms with Crippen LogP contribution in [0.15, 0.2) is 9.59 Å². The molecule has 0 radical (unpaired) electrons. The van der Waals surface area contributed by atoms with Crippen molar-refractivity contribution >= 4 is 17.1 Å². The van der Waals surface area contributed by atoms with Crippen LogP contribution < -0.4 is 16.1 Å². The Morgan fingerprint density at radius 1 is 1.22 bits per heavy atom. The number of hydrogen-bond acceptors (Lipinski definition) is 6. The minimum absolute atomic E-state index is 0.249. The van der Waals surface area contributed by atoms with E-state index in [4.69, 9.17) is 0 Å². The lowest BCUT2D eigenvalue weighted by Gasteiger charge is -2.33. The maximum atomic E-state index is 12.3. The van der Waals surface area contributed by atoms with Crippen molar-refractivity contribution in [2.45, 2.75) is 19.6 Å². The summed E-state index contributed by atoms with van der Waals surface area (Å²) in [5, 5.41) is 9.81. The summed E-state index contributed by atoms with van der Waals surface area (Å²) >= 11 is 0. The predicted octanol–water partition coefficient (Wildman–Crippen LogP) is -1.44. The highest BCUT2D eigenvalue weighted by molar-refractivity contribution is 5.74. The minimum atomic E-state index is -0.629. The van der Waals surface area contributed by atoms with Crippen LogP contribution in [0, 0.1) is 0 Å². The monoisotopic (exact) mass is 322 g/mol. The molecule has 2 aromatic heterocycles. The second-order valence-corrected chi connectivity index (χ2v) is 6.15. The number of likely N-dealkylation sites (N-methyl/N-ethyl adjacent to an activating group) is 1. The molecule has 126 valence electrons. The number of piperazine rings is 1. The van der Waals surface area contributed by atoms with Crippen molar-refractivity contribution in [3.8, 4) is 0 Å². The first-order valence-electron chi connectivity index (χ1n) is 7.69. The largest absolute Gasteiger partial charge is 0.392 e. The molecule has 0 bridgehead atoms. The van der Waals surface area contributed by atoms with Gasteiger partial charge in [0.2, 0.25) is 5.95 Å². The minimum Gasteiger partial charge on any atom is -0.392 e. The third kappa shape index (κ3) is 2.77. The molecule has 0 spiro atoms. The standard InChI is InChI=1S/C14H22N6O3/c1-9(21)8-20-10-11(18(3)14(23)16-12(10)22)15-13(20)19-6-4-17(2)5-7-19/h9,21H,4-8H2,1-3H3,(H,16,22,23)/t9-/m1/s1. The molecule has 2 aromatic rings. The van der Waals surface area contributed by atoms with E-state index in [1.807, 2.05) is 0 Å². The first-order valence-corrected chi connectivity index (χ1v) is 7.69. The summed E-state index contributed by atoms with van der Waals surface area (Å²) in [7, 11) is 3.64. The molecule has 0 saturated carbocycles. The Morgan fingerprint density at radius 2 is 1.87 bits per heavy atom. The second kappa shape index (κ2) is 5.82. The number of imidazole rings is 1. The molecule has 0 aliphatic carbocycles. The topological polar surface area (TPSA) is 99.4 Å². The van der Waals surface area contributed by atoms with E-state index in [0.717, 1.165) is 26.2 Å². The van der Waals surface area contributed by atoms with Crippen LogP contribution in [0.1, 0.15) is 6.92 Å². The number of rotatable bonds is 3. The summed E-state index contributed by atoms with van der Waals surface area (Å²) in [4.78, 5) is 35.2. The third-order valence-electron chi connectivity index (χ3n) is 4.22. The van der Waals surface area contributed by atoms with Crippen LogP contribution in [0.25, 0.3) is 11.2 Å². The van der Waals surface area contributed by atoms with Gasteiger partial charge in [0.1, 0.15) is 0 Å². The van der Waals surface area contributed by atoms with Gasteiger partial charge < -0.3 is 19.5 Å². The summed E-state index contributed by atoms with van der Waals surface area (Å²) in [5.74, 6) is 0.626. The summed E-state index contributed by atoms with van der Waals surface area (Å²) in [6.07, 6.45) is -0.629. The molecule has 2 N–H and O–H groups in total. The van der Waals surface area contributed by atoms with Gasteiger partial charge in [0.25, 0.3) is 5.56 Å². The number of aliphatic hydroxyl groups is 1. The van der Waals surface area contributed by atoms with Crippen molar-refractivity contribution in [2.24, 2.45) is 7.05 Å². The third-order valence-corrected chi connectivity index (χ3v) is 4.22. The van der Waals surface area contributed by atoms with Crippen LogP contribution >= 0.6 is 0 Å². The number of anilines is 1. The summed E-state index contributed by atoms with van der Waals surface area (Å²) in [6.45, 7) is 5.27. The second-order valence-electron chi connectivity index (χ2n) is 6.15. The molecule has 0 unspecified atom stereocenters. The van der Waals surface area contributed by atoms with Crippen LogP contribution in [0.3, 0.4) is 0 Å². The quantitative estimate of drug-likeness (QED) is 0.718. The van der Waals surface area contributed by atoms with Crippen LogP contribution in [-0.4, -0.2) is 68.4 Å². The van der Waals surface area contributed by atoms with Gasteiger partial charge in [-0.05, 0) is 14.0 Å². The average molecular weight is 322 g/mol. The molecular formula is C14H22N6O3. The SMILES string of the molecule is C[C@@H](O)Cn1c(N2CCN(C)CC2)nc2c1c(=O)[nH]c(=O)n2C. The number of aromatic amines is 1. The lowest BCUT2D eigenvalue weighted by atomic mass is 10.3. The molecule has 1 fully saturated rings. The van der Waals surface area contributed by atoms with Crippen LogP contribution in [0.4, 0.5) is 5.95 Å². The fraction of sp³-hybridized carbons (Fsp3) is 0.643. The normalized spacial score (nSPS) is 17.8. The first-order chi connectivity index (χ1) is 10.9. The lowest BCUT2D eigenvalue weighted by Crippen LogP contribution is -2.45. The Balaban J connectivity index is 2.20. The van der Waals surface area contributed by atoms with E-state index in [1.165, 1.54) is 4.57 Å². The fourth-order valence-corrected chi connectivity index (χ4v) is 2.91. The van der Waals surface area contributed by atoms with E-state index in [0.29, 0.717) is 17.1 Å². The van der Waals surface area contributed by atoms with E-state index in [1.54, 1.807) is 18.5 Å². The molecular weight excluding hydrogens is 300 g/mol. The number of H-pyrrole nitrogens is 1. The Morgan fingerprint density at radius 3 is 2.48 bits per heavy atom. The molecule has 9 heteroatoms. The van der Waals surface area contributed by atoms with Gasteiger partial charge in [-0.15, -0.1) is 0 Å². The molecule has 1 saturated heterocycles. The van der Waals surface area contributed by atoms with Gasteiger partial charge in [-0.25, -0.2) is 4.79 Å². The molecule has 3 heterocycles. The molecule has 0 aromatic carbocycles. The predicted molar refractivity (Wildman–Crippen MR) is 87.0 cm³/mol. The molecule has 1 aliphatic heterocycles. The highest BCUT2D eigenvalue weighted by Crippen LogP contribution is 2.21. The van der Waals surface area contributed by atoms with Gasteiger partial charge in [-0.2, -0.15) is 4.98 Å². The maximum Gasteiger partial charge on any atom is 0.329 e. The van der Waals surface area contributed by atoms with Crippen LogP contribution in [0.2, 0.25) is 0 Å². The molecule has 23 heavy (non-hydrogen) atoms. The van der Waals surface area contributed by atoms with Gasteiger partial charge >= 0.3 is 5.69 Å². The smallest absolute Gasteiger partial charge is 0.329 e. The summed E-state index contributed by atoms with van der Waals surface area (Å²) < 4.78 is 3.04. The molecule has 1 atom stereocenters. The van der Waals surface area contributed by atoms with Crippen molar-refractivity contribution in [3.05, 3.63) is 20.8 Å². The lowest BCUT2D eigenvalue weighted by molar-refractivity contribution is 0.175. The molecule has 3 rings (SSSR count). The highest BCUT2D eigenvalue weighted by Gasteiger charge is 2.24. The van der Waals surface area contributed by atoms with E-state index < -0.39 is 17.4 Å². The molecule has 1 aliphatic rings. The van der Waals surface area contributed by atoms with E-state index in [2.05, 4.69) is 26.8 Å². The highest BCUT2D eigenvalue weighted by atomic mass is 16.3. The Kier molecular flexibility index (Phi) is 3.99. The zero-order valence-corrected chi connectivity index (χ0v) is 13.6. The number of nitrogens with zero attached hydrogens (tertiary/aromatic N) is 5. The van der Waals surface area contributed by atoms with E-state index >= 15 is 0 Å². The van der Waals surface area contributed by atoms with Crippen molar-refractivity contribution in [3.63, 3.8) is 0 Å². The van der Waals surface area contributed by atoms with Crippen LogP contribution in [-0.2, 0) is 13.6 Å². The van der Waals surface area contributed by atoms with E-state index in [9.17, 15) is 14.7 Å². The Bertz CT molecular complexity index is 825. The molecule has 0 amide bonds. The van der Waals surface area contributed by atoms with Crippen molar-refractivity contribution < 1.29 is 5.11 Å². The summed E-state index contributed by atoms with van der Waals surface area (Å²) in [5.41, 5.74) is -0.305. The number of nitrogens with one attached hydrogen (secondary N) is 1. The van der Waals surface area contributed by atoms with Crippen molar-refractivity contribution in [1.29, 1.82) is 0 Å². The van der Waals surface area contributed by atoms with Gasteiger partial charge in [-0.3, -0.25) is 14.3 Å². The van der Waals surface area contributed by atoms with Crippen molar-refractivity contribution in [1.82, 2.24) is 24.0 Å². The number of hydrogen-bond donors (Lipinski definition) is 2. The number of aromatic nitrogens is 4. The maximum absolute atomic E-state index is 12.3. The zero-order chi connectivity index (χ0) is 16.7. The molecule has 9 nitrogen and oxygen atoms in total.